The number of aliphatic carboxylic acids is 1. The van der Waals surface area contributed by atoms with E-state index in [4.69, 9.17) is 9.84 Å². The van der Waals surface area contributed by atoms with Gasteiger partial charge in [-0.25, -0.2) is 13.6 Å². The van der Waals surface area contributed by atoms with Gasteiger partial charge in [0.05, 0.1) is 12.6 Å². The second kappa shape index (κ2) is 9.33. The maximum absolute atomic E-state index is 13.0. The van der Waals surface area contributed by atoms with E-state index in [1.54, 1.807) is 0 Å². The predicted octanol–water partition coefficient (Wildman–Crippen LogP) is 2.90. The van der Waals surface area contributed by atoms with Crippen molar-refractivity contribution in [2.24, 2.45) is 0 Å². The van der Waals surface area contributed by atoms with Gasteiger partial charge in [-0.2, -0.15) is 0 Å². The number of carbonyl (C=O) groups is 2. The number of rotatable bonds is 8. The molecule has 0 bridgehead atoms. The number of carboxylic acids is 1. The van der Waals surface area contributed by atoms with Crippen LogP contribution in [-0.4, -0.2) is 40.1 Å². The van der Waals surface area contributed by atoms with Crippen molar-refractivity contribution in [2.75, 3.05) is 13.2 Å². The second-order valence-electron chi connectivity index (χ2n) is 5.52. The van der Waals surface area contributed by atoms with Crippen LogP contribution in [0.25, 0.3) is 0 Å². The Hall–Kier alpha value is -3.42. The monoisotopic (exact) mass is 377 g/mol. The number of carboxylic acid groups (broad SMARTS) is 1. The van der Waals surface area contributed by atoms with Gasteiger partial charge in [-0.1, -0.05) is 12.1 Å². The number of carbonyl (C=O) groups excluding carboxylic acids is 1. The third-order valence-corrected chi connectivity index (χ3v) is 3.52. The maximum atomic E-state index is 13.0. The molecule has 0 aliphatic carbocycles. The minimum atomic E-state index is -1.63. The lowest BCUT2D eigenvalue weighted by Gasteiger charge is -2.21. The zero-order chi connectivity index (χ0) is 19.8. The van der Waals surface area contributed by atoms with Crippen LogP contribution in [0.2, 0.25) is 0 Å². The Kier molecular flexibility index (Phi) is 6.87. The van der Waals surface area contributed by atoms with Gasteiger partial charge in [0.15, 0.2) is 0 Å². The molecule has 0 saturated carbocycles. The first-order valence-corrected chi connectivity index (χ1v) is 7.91. The van der Waals surface area contributed by atoms with Crippen molar-refractivity contribution >= 4 is 11.9 Å². The van der Waals surface area contributed by atoms with Gasteiger partial charge in [0.25, 0.3) is 5.91 Å². The van der Waals surface area contributed by atoms with Gasteiger partial charge in [0.2, 0.25) is 5.76 Å². The van der Waals surface area contributed by atoms with Crippen LogP contribution in [-0.2, 0) is 16.1 Å². The van der Waals surface area contributed by atoms with Crippen LogP contribution in [0.5, 0.6) is 5.75 Å². The lowest BCUT2D eigenvalue weighted by Crippen LogP contribution is -2.33. The van der Waals surface area contributed by atoms with Gasteiger partial charge in [-0.3, -0.25) is 4.79 Å². The van der Waals surface area contributed by atoms with Gasteiger partial charge in [0.1, 0.15) is 24.0 Å². The molecule has 0 aliphatic heterocycles. The van der Waals surface area contributed by atoms with Crippen molar-refractivity contribution in [1.82, 2.24) is 4.90 Å². The van der Waals surface area contributed by atoms with Crippen molar-refractivity contribution in [3.63, 3.8) is 0 Å². The first-order chi connectivity index (χ1) is 12.8. The molecule has 0 unspecified atom stereocenters. The first kappa shape index (κ1) is 19.9. The van der Waals surface area contributed by atoms with E-state index in [2.05, 4.69) is 0 Å². The zero-order valence-electron chi connectivity index (χ0n) is 14.1. The molecule has 6 nitrogen and oxygen atoms in total. The number of hydrogen-bond donors (Lipinski definition) is 2. The Balaban J connectivity index is 2.06. The SMILES string of the molecule is O=C(O)/C(O)=C/C(=O)N(CCOc1ccc(F)cc1)Cc1ccc(F)cc1. The molecule has 2 N–H and O–H groups in total. The Labute approximate surface area is 153 Å². The standard InChI is InChI=1S/C19H17F2NO5/c20-14-3-1-13(2-4-14)12-22(18(24)11-17(23)19(25)26)9-10-27-16-7-5-15(21)6-8-16/h1-8,11,23H,9-10,12H2,(H,25,26)/b17-11-. The fourth-order valence-corrected chi connectivity index (χ4v) is 2.15. The summed E-state index contributed by atoms with van der Waals surface area (Å²) < 4.78 is 31.3. The van der Waals surface area contributed by atoms with Crippen LogP contribution in [0.15, 0.2) is 60.4 Å². The van der Waals surface area contributed by atoms with Crippen LogP contribution < -0.4 is 4.74 Å². The van der Waals surface area contributed by atoms with E-state index in [1.807, 2.05) is 0 Å². The number of ether oxygens (including phenoxy) is 1. The van der Waals surface area contributed by atoms with Gasteiger partial charge in [-0.05, 0) is 42.0 Å². The number of halogens is 2. The van der Waals surface area contributed by atoms with Crippen LogP contribution in [0.4, 0.5) is 8.78 Å². The lowest BCUT2D eigenvalue weighted by atomic mass is 10.2. The molecule has 27 heavy (non-hydrogen) atoms. The number of benzene rings is 2. The minimum absolute atomic E-state index is 0.0419. The van der Waals surface area contributed by atoms with Crippen LogP contribution >= 0.6 is 0 Å². The third-order valence-electron chi connectivity index (χ3n) is 3.52. The lowest BCUT2D eigenvalue weighted by molar-refractivity contribution is -0.136. The van der Waals surface area contributed by atoms with Crippen LogP contribution in [0, 0.1) is 11.6 Å². The summed E-state index contributed by atoms with van der Waals surface area (Å²) >= 11 is 0. The number of amides is 1. The number of hydrogen-bond acceptors (Lipinski definition) is 4. The number of nitrogens with zero attached hydrogens (tertiary/aromatic N) is 1. The highest BCUT2D eigenvalue weighted by molar-refractivity contribution is 5.96. The van der Waals surface area contributed by atoms with Gasteiger partial charge in [-0.15, -0.1) is 0 Å². The molecule has 8 heteroatoms. The minimum Gasteiger partial charge on any atom is -0.502 e. The van der Waals surface area contributed by atoms with E-state index in [0.717, 1.165) is 0 Å². The smallest absolute Gasteiger partial charge is 0.371 e. The van der Waals surface area contributed by atoms with Crippen molar-refractivity contribution in [3.05, 3.63) is 77.6 Å². The van der Waals surface area contributed by atoms with Gasteiger partial charge < -0.3 is 19.8 Å². The summed E-state index contributed by atoms with van der Waals surface area (Å²) in [5, 5.41) is 18.0. The fourth-order valence-electron chi connectivity index (χ4n) is 2.15. The average molecular weight is 377 g/mol. The summed E-state index contributed by atoms with van der Waals surface area (Å²) in [5.74, 6) is -3.92. The molecule has 0 heterocycles. The van der Waals surface area contributed by atoms with E-state index in [0.29, 0.717) is 17.4 Å². The molecule has 2 aromatic carbocycles. The molecule has 0 aliphatic rings. The molecule has 142 valence electrons. The van der Waals surface area contributed by atoms with Gasteiger partial charge in [0, 0.05) is 6.54 Å². The van der Waals surface area contributed by atoms with Crippen molar-refractivity contribution in [1.29, 1.82) is 0 Å². The topological polar surface area (TPSA) is 87.1 Å². The van der Waals surface area contributed by atoms with E-state index >= 15 is 0 Å². The molecule has 2 aromatic rings. The Bertz CT molecular complexity index is 819. The summed E-state index contributed by atoms with van der Waals surface area (Å²) in [6.07, 6.45) is 0.587. The quantitative estimate of drug-likeness (QED) is 0.546. The van der Waals surface area contributed by atoms with Crippen molar-refractivity contribution in [3.8, 4) is 5.75 Å². The van der Waals surface area contributed by atoms with Gasteiger partial charge >= 0.3 is 5.97 Å². The Morgan fingerprint density at radius 1 is 0.963 bits per heavy atom. The molecule has 0 fully saturated rings. The summed E-state index contributed by atoms with van der Waals surface area (Å²) in [4.78, 5) is 24.2. The van der Waals surface area contributed by atoms with Crippen molar-refractivity contribution in [2.45, 2.75) is 6.54 Å². The Morgan fingerprint density at radius 3 is 2.07 bits per heavy atom. The largest absolute Gasteiger partial charge is 0.502 e. The molecule has 0 spiro atoms. The summed E-state index contributed by atoms with van der Waals surface area (Å²) in [5.41, 5.74) is 0.606. The summed E-state index contributed by atoms with van der Waals surface area (Å²) in [6, 6.07) is 10.7. The number of aliphatic hydroxyl groups excluding tert-OH is 1. The van der Waals surface area contributed by atoms with Crippen LogP contribution in [0.1, 0.15) is 5.56 Å². The second-order valence-corrected chi connectivity index (χ2v) is 5.52. The third kappa shape index (κ3) is 6.43. The zero-order valence-corrected chi connectivity index (χ0v) is 14.1. The predicted molar refractivity (Wildman–Crippen MR) is 92.1 cm³/mol. The van der Waals surface area contributed by atoms with E-state index in [9.17, 15) is 23.5 Å². The van der Waals surface area contributed by atoms with E-state index in [-0.39, 0.29) is 19.7 Å². The molecule has 1 amide bonds. The molecule has 2 rings (SSSR count). The normalized spacial score (nSPS) is 11.1. The maximum Gasteiger partial charge on any atom is 0.371 e. The van der Waals surface area contributed by atoms with Crippen LogP contribution in [0.3, 0.4) is 0 Å². The highest BCUT2D eigenvalue weighted by Crippen LogP contribution is 2.12. The molecule has 0 atom stereocenters. The fraction of sp³-hybridized carbons (Fsp3) is 0.158. The highest BCUT2D eigenvalue weighted by Gasteiger charge is 2.16. The molecular weight excluding hydrogens is 360 g/mol. The summed E-state index contributed by atoms with van der Waals surface area (Å²) in [7, 11) is 0. The highest BCUT2D eigenvalue weighted by atomic mass is 19.1. The summed E-state index contributed by atoms with van der Waals surface area (Å²) in [6.45, 7) is 0.145. The van der Waals surface area contributed by atoms with E-state index < -0.39 is 29.3 Å². The Morgan fingerprint density at radius 2 is 1.52 bits per heavy atom. The average Bonchev–Trinajstić information content (AvgIpc) is 2.64. The molecule has 0 aromatic heterocycles. The first-order valence-electron chi connectivity index (χ1n) is 7.91. The molecular formula is C19H17F2NO5. The van der Waals surface area contributed by atoms with Crippen molar-refractivity contribution < 1.29 is 33.3 Å². The number of aliphatic hydroxyl groups is 1. The molecule has 0 saturated heterocycles. The molecule has 0 radical (unpaired) electrons. The van der Waals surface area contributed by atoms with E-state index in [1.165, 1.54) is 53.4 Å².